The van der Waals surface area contributed by atoms with Crippen LogP contribution in [0.4, 0.5) is 26.3 Å². The smallest absolute Gasteiger partial charge is 0.379 e. The Morgan fingerprint density at radius 1 is 0.323 bits per heavy atom. The average Bonchev–Trinajstić information content (AvgIpc) is 1.56. The van der Waals surface area contributed by atoms with E-state index in [2.05, 4.69) is 234 Å². The third-order valence-corrected chi connectivity index (χ3v) is 26.3. The summed E-state index contributed by atoms with van der Waals surface area (Å²) in [4.78, 5) is 28.0. The van der Waals surface area contributed by atoms with Gasteiger partial charge in [0, 0.05) is 128 Å². The van der Waals surface area contributed by atoms with Crippen LogP contribution in [0.2, 0.25) is 0 Å². The summed E-state index contributed by atoms with van der Waals surface area (Å²) >= 11 is 0. The Labute approximate surface area is 768 Å². The maximum Gasteiger partial charge on any atom is 0.395 e. The molecule has 2 aliphatic carbocycles. The van der Waals surface area contributed by atoms with Crippen LogP contribution in [0.25, 0.3) is 0 Å². The fourth-order valence-corrected chi connectivity index (χ4v) is 19.4. The quantitative estimate of drug-likeness (QED) is 0.130. The van der Waals surface area contributed by atoms with Crippen LogP contribution < -0.4 is 0 Å². The highest BCUT2D eigenvalue weighted by Gasteiger charge is 2.68. The monoisotopic (exact) mass is 1780 g/mol. The lowest BCUT2D eigenvalue weighted by Gasteiger charge is -2.40. The van der Waals surface area contributed by atoms with E-state index in [9.17, 15) is 26.3 Å². The van der Waals surface area contributed by atoms with Crippen LogP contribution in [0.5, 0.6) is 0 Å². The van der Waals surface area contributed by atoms with Gasteiger partial charge in [-0.15, -0.1) is 0 Å². The lowest BCUT2D eigenvalue weighted by molar-refractivity contribution is -0.215. The average molecular weight is 1780 g/mol. The summed E-state index contributed by atoms with van der Waals surface area (Å²) in [5.74, 6) is 5.78. The van der Waals surface area contributed by atoms with Gasteiger partial charge in [0.05, 0.1) is 36.3 Å². The van der Waals surface area contributed by atoms with Crippen molar-refractivity contribution < 1.29 is 35.8 Å². The van der Waals surface area contributed by atoms with Crippen LogP contribution in [0.15, 0.2) is 0 Å². The number of alkyl halides is 6. The van der Waals surface area contributed by atoms with E-state index in [1.54, 1.807) is 20.8 Å². The summed E-state index contributed by atoms with van der Waals surface area (Å²) in [5, 5.41) is 0. The maximum atomic E-state index is 12.4. The largest absolute Gasteiger partial charge is 0.395 e. The van der Waals surface area contributed by atoms with Gasteiger partial charge in [0.1, 0.15) is 0 Å². The Kier molecular flexibility index (Phi) is 61.8. The van der Waals surface area contributed by atoms with E-state index in [1.165, 1.54) is 273 Å². The van der Waals surface area contributed by atoms with Gasteiger partial charge in [-0.3, -0.25) is 19.6 Å². The molecule has 4 unspecified atom stereocenters. The van der Waals surface area contributed by atoms with Crippen LogP contribution in [-0.4, -0.2) is 305 Å². The van der Waals surface area contributed by atoms with E-state index in [0.717, 1.165) is 98.9 Å². The van der Waals surface area contributed by atoms with Crippen molar-refractivity contribution in [3.8, 4) is 0 Å². The second kappa shape index (κ2) is 63.3. The Bertz CT molecular complexity index is 2380. The molecule has 4 atom stereocenters. The molecule has 0 N–H and O–H groups in total. The van der Waals surface area contributed by atoms with Crippen molar-refractivity contribution in [3.63, 3.8) is 0 Å². The molecule has 12 rings (SSSR count). The number of nitrogens with zero attached hydrogens (tertiary/aromatic N) is 11. The molecule has 12 fully saturated rings. The van der Waals surface area contributed by atoms with Crippen molar-refractivity contribution >= 4 is 0 Å². The summed E-state index contributed by atoms with van der Waals surface area (Å²) in [6.45, 7) is 104. The molecule has 10 saturated heterocycles. The molecule has 0 aromatic heterocycles. The number of likely N-dealkylation sites (N-methyl/N-ethyl adjacent to an activating group) is 1. The van der Waals surface area contributed by atoms with E-state index in [0.29, 0.717) is 49.5 Å². The zero-order valence-electron chi connectivity index (χ0n) is 88.5. The third-order valence-electron chi connectivity index (χ3n) is 26.3. The van der Waals surface area contributed by atoms with E-state index in [-0.39, 0.29) is 11.8 Å². The first kappa shape index (κ1) is 121. The van der Waals surface area contributed by atoms with E-state index >= 15 is 0 Å². The Hall–Kier alpha value is -0.940. The summed E-state index contributed by atoms with van der Waals surface area (Å²) in [6.07, 6.45) is 21.4. The summed E-state index contributed by atoms with van der Waals surface area (Å²) in [7, 11) is 2.20. The highest BCUT2D eigenvalue weighted by atomic mass is 19.4. The number of morpholine rings is 2. The first-order valence-electron chi connectivity index (χ1n) is 52.0. The van der Waals surface area contributed by atoms with Gasteiger partial charge in [0.15, 0.2) is 0 Å². The molecule has 12 aliphatic rings. The summed E-state index contributed by atoms with van der Waals surface area (Å²) < 4.78 is 85.3. The third kappa shape index (κ3) is 57.6. The van der Waals surface area contributed by atoms with Gasteiger partial charge in [0.25, 0.3) is 0 Å². The number of hydrogen-bond donors (Lipinski definition) is 0. The van der Waals surface area contributed by atoms with Crippen molar-refractivity contribution in [2.75, 3.05) is 197 Å². The SMILES string of the molecule is CC(C)(C)C1(C(F)(F)F)CC1.CC(C)(C)CC1(C(F)(F)F)CC1.CC(C)(C)N1CCCCC1.CC(C)CN1C(C)CCCC1C.CC(C)CN1CC(C)OC(C)C1.CC(C)CN1CCCC1.CC(C)CN1CCCCC1.CC(C)CN1CCCCC1.CC(C)CN1CCCCC1.CC(C)CN1CCN(C)CC1.CC(C)N1CCCC1.CC(C)N1CCOCC1. The fraction of sp³-hybridized carbons (Fsp3) is 1.00. The van der Waals surface area contributed by atoms with E-state index in [4.69, 9.17) is 9.47 Å². The second-order valence-electron chi connectivity index (χ2n) is 46.9. The van der Waals surface area contributed by atoms with Crippen molar-refractivity contribution in [2.45, 2.75) is 423 Å². The molecule has 10 aliphatic heterocycles. The Morgan fingerprint density at radius 2 is 0.613 bits per heavy atom. The number of piperazine rings is 1. The highest BCUT2D eigenvalue weighted by molar-refractivity contribution is 5.06. The van der Waals surface area contributed by atoms with Crippen LogP contribution >= 0.6 is 0 Å². The molecule has 19 heteroatoms. The molecule has 0 spiro atoms. The molecule has 13 nitrogen and oxygen atoms in total. The normalized spacial score (nSPS) is 24.5. The van der Waals surface area contributed by atoms with Gasteiger partial charge >= 0.3 is 12.4 Å². The van der Waals surface area contributed by atoms with Crippen molar-refractivity contribution in [2.24, 2.45) is 63.1 Å². The van der Waals surface area contributed by atoms with Crippen molar-refractivity contribution in [1.82, 2.24) is 53.9 Å². The number of ether oxygens (including phenoxy) is 2. The summed E-state index contributed by atoms with van der Waals surface area (Å²) in [6, 6.07) is 3.10. The number of likely N-dealkylation sites (tertiary alicyclic amines) is 7. The number of halogens is 6. The number of piperidine rings is 5. The van der Waals surface area contributed by atoms with Gasteiger partial charge in [-0.2, -0.15) is 26.3 Å². The number of rotatable bonds is 17. The van der Waals surface area contributed by atoms with Gasteiger partial charge in [0.2, 0.25) is 0 Å². The lowest BCUT2D eigenvalue weighted by atomic mass is 9.77. The standard InChI is InChI=1S/C11H23N.C10H21NO.C9H15F3.C9H20N2.4C9H19N.C8H13F3.C8H17N.C7H15NO.C7H15N/c1-9(2)8-12-10(3)6-5-7-11(12)4;1-8(2)5-11-6-9(3)12-10(4)7-11;1-7(2,3)6-8(4-5-8)9(10,11)12;1-9(2)8-11-6-4-10(3)5-7-11;1-9(2,3)10-7-5-4-6-8-10;3*1-9(2)8-10-6-4-3-5-7-10;1-6(2,3)7(4-5-7)8(9,10)11;1-8(2)7-9-5-3-4-6-9;1-7(2)8-3-5-9-6-4-8;1-7(2)8-5-3-4-6-8/h9-11H,5-8H2,1-4H3;8-10H,5-7H2,1-4H3;4-6H2,1-3H3;9H,4-8H2,1-3H3;4-8H2,1-3H3;3*9H,3-8H2,1-2H3;4-5H2,1-3H3;8H,3-7H2,1-2H3;7H,3-6H2,1-2H3;7H,3-6H2,1-2H3. The van der Waals surface area contributed by atoms with Crippen molar-refractivity contribution in [3.05, 3.63) is 0 Å². The molecule has 0 amide bonds. The first-order chi connectivity index (χ1) is 57.6. The molecule has 744 valence electrons. The maximum absolute atomic E-state index is 12.4. The van der Waals surface area contributed by atoms with Gasteiger partial charge in [-0.05, 0) is 336 Å². The first-order valence-corrected chi connectivity index (χ1v) is 52.0. The number of hydrogen-bond acceptors (Lipinski definition) is 13. The van der Waals surface area contributed by atoms with Gasteiger partial charge in [-0.1, -0.05) is 171 Å². The molecule has 10 heterocycles. The van der Waals surface area contributed by atoms with Gasteiger partial charge in [-0.25, -0.2) is 0 Å². The molecule has 0 radical (unpaired) electrons. The lowest BCUT2D eigenvalue weighted by Crippen LogP contribution is -2.46. The van der Waals surface area contributed by atoms with Crippen LogP contribution in [0, 0.1) is 63.1 Å². The topological polar surface area (TPSA) is 54.1 Å². The molecule has 0 aromatic carbocycles. The van der Waals surface area contributed by atoms with E-state index < -0.39 is 28.6 Å². The van der Waals surface area contributed by atoms with Crippen LogP contribution in [0.1, 0.15) is 369 Å². The molecule has 0 bridgehead atoms. The predicted octanol–water partition coefficient (Wildman–Crippen LogP) is 25.3. The highest BCUT2D eigenvalue weighted by Crippen LogP contribution is 2.67. The zero-order chi connectivity index (χ0) is 94.2. The minimum Gasteiger partial charge on any atom is -0.379 e. The minimum atomic E-state index is -4.01. The molecule has 2 saturated carbocycles. The van der Waals surface area contributed by atoms with Crippen LogP contribution in [-0.2, 0) is 9.47 Å². The predicted molar refractivity (Wildman–Crippen MR) is 528 cm³/mol. The molecular weight excluding hydrogens is 1560 g/mol. The fourth-order valence-electron chi connectivity index (χ4n) is 19.4. The summed E-state index contributed by atoms with van der Waals surface area (Å²) in [5.41, 5.74) is -3.15. The second-order valence-corrected chi connectivity index (χ2v) is 46.9. The molecular formula is C105H215F6N11O2. The van der Waals surface area contributed by atoms with Gasteiger partial charge < -0.3 is 43.8 Å². The minimum absolute atomic E-state index is 0.216. The van der Waals surface area contributed by atoms with Crippen LogP contribution in [0.3, 0.4) is 0 Å². The Morgan fingerprint density at radius 3 is 0.839 bits per heavy atom. The van der Waals surface area contributed by atoms with Crippen molar-refractivity contribution in [1.29, 1.82) is 0 Å². The molecule has 124 heavy (non-hydrogen) atoms. The zero-order valence-corrected chi connectivity index (χ0v) is 88.5. The van der Waals surface area contributed by atoms with E-state index in [1.807, 2.05) is 20.8 Å². The Balaban J connectivity index is 0.000000677. The molecule has 0 aromatic rings.